The van der Waals surface area contributed by atoms with E-state index in [0.717, 1.165) is 5.56 Å². The second-order valence-corrected chi connectivity index (χ2v) is 5.32. The molecule has 1 unspecified atom stereocenters. The monoisotopic (exact) mass is 303 g/mol. The van der Waals surface area contributed by atoms with Crippen LogP contribution in [0.5, 0.6) is 0 Å². The van der Waals surface area contributed by atoms with Crippen LogP contribution in [0.4, 0.5) is 5.69 Å². The van der Waals surface area contributed by atoms with E-state index < -0.39 is 0 Å². The molecular formula is C18H25NTi. The summed E-state index contributed by atoms with van der Waals surface area (Å²) in [5.41, 5.74) is 6.50. The van der Waals surface area contributed by atoms with E-state index in [0.29, 0.717) is 5.92 Å². The van der Waals surface area contributed by atoms with Gasteiger partial charge in [0.2, 0.25) is 0 Å². The summed E-state index contributed by atoms with van der Waals surface area (Å²) in [6, 6.07) is 8.08. The second-order valence-electron chi connectivity index (χ2n) is 5.32. The number of rotatable bonds is 1. The van der Waals surface area contributed by atoms with Gasteiger partial charge in [0.1, 0.15) is 0 Å². The molecule has 0 N–H and O–H groups in total. The van der Waals surface area contributed by atoms with E-state index in [2.05, 4.69) is 51.7 Å². The molecule has 0 aliphatic heterocycles. The minimum absolute atomic E-state index is 0. The van der Waals surface area contributed by atoms with E-state index in [-0.39, 0.29) is 21.7 Å². The van der Waals surface area contributed by atoms with Crippen LogP contribution in [-0.2, 0) is 21.7 Å². The average Bonchev–Trinajstić information content (AvgIpc) is 2.57. The van der Waals surface area contributed by atoms with Gasteiger partial charge in [-0.15, -0.1) is 13.0 Å². The summed E-state index contributed by atoms with van der Waals surface area (Å²) < 4.78 is 0. The average molecular weight is 303 g/mol. The molecule has 1 atom stereocenters. The Labute approximate surface area is 139 Å². The van der Waals surface area contributed by atoms with Crippen LogP contribution in [0.3, 0.4) is 0 Å². The maximum absolute atomic E-state index is 3.90. The molecule has 1 aromatic carbocycles. The van der Waals surface area contributed by atoms with Crippen molar-refractivity contribution in [1.29, 1.82) is 0 Å². The van der Waals surface area contributed by atoms with Crippen LogP contribution in [0.25, 0.3) is 0 Å². The summed E-state index contributed by atoms with van der Waals surface area (Å²) >= 11 is 0. The molecule has 0 radical (unpaired) electrons. The van der Waals surface area contributed by atoms with Gasteiger partial charge in [-0.1, -0.05) is 44.5 Å². The maximum atomic E-state index is 3.90. The molecule has 0 heterocycles. The van der Waals surface area contributed by atoms with Gasteiger partial charge in [-0.25, -0.2) is 5.57 Å². The molecule has 0 aromatic heterocycles. The molecule has 2 rings (SSSR count). The van der Waals surface area contributed by atoms with Gasteiger partial charge in [-0.2, -0.15) is 29.7 Å². The van der Waals surface area contributed by atoms with E-state index >= 15 is 0 Å². The molecule has 0 saturated heterocycles. The van der Waals surface area contributed by atoms with Crippen LogP contribution in [0.1, 0.15) is 33.3 Å². The van der Waals surface area contributed by atoms with Gasteiger partial charge >= 0.3 is 21.7 Å². The maximum Gasteiger partial charge on any atom is 2.00 e. The Morgan fingerprint density at radius 1 is 1.10 bits per heavy atom. The zero-order valence-corrected chi connectivity index (χ0v) is 15.1. The van der Waals surface area contributed by atoms with Gasteiger partial charge in [0.15, 0.2) is 0 Å². The number of para-hydroxylation sites is 1. The van der Waals surface area contributed by atoms with Gasteiger partial charge in [0.05, 0.1) is 0 Å². The Morgan fingerprint density at radius 2 is 1.65 bits per heavy atom. The SMILES string of the molecule is CC1=[C-]C(C)C(C)=C1C.[CH2-]c1ccccc1N(C)C.[Ti+2]. The third kappa shape index (κ3) is 4.88. The van der Waals surface area contributed by atoms with Crippen LogP contribution in [-0.4, -0.2) is 14.1 Å². The van der Waals surface area contributed by atoms with Crippen molar-refractivity contribution in [3.05, 3.63) is 59.5 Å². The first kappa shape index (κ1) is 19.1. The minimum Gasteiger partial charge on any atom is -0.428 e. The first-order valence-corrected chi connectivity index (χ1v) is 6.70. The first-order valence-electron chi connectivity index (χ1n) is 6.70. The summed E-state index contributed by atoms with van der Waals surface area (Å²) in [5.74, 6) is 0.560. The smallest absolute Gasteiger partial charge is 0.428 e. The zero-order valence-electron chi connectivity index (χ0n) is 13.5. The van der Waals surface area contributed by atoms with E-state index in [9.17, 15) is 0 Å². The van der Waals surface area contributed by atoms with Crippen molar-refractivity contribution < 1.29 is 21.7 Å². The van der Waals surface area contributed by atoms with Crippen LogP contribution in [0.2, 0.25) is 0 Å². The fourth-order valence-corrected chi connectivity index (χ4v) is 2.11. The number of anilines is 1. The van der Waals surface area contributed by atoms with Crippen LogP contribution < -0.4 is 4.90 Å². The van der Waals surface area contributed by atoms with Gasteiger partial charge in [0.25, 0.3) is 0 Å². The van der Waals surface area contributed by atoms with Crippen molar-refractivity contribution in [2.75, 3.05) is 19.0 Å². The predicted molar refractivity (Wildman–Crippen MR) is 85.2 cm³/mol. The van der Waals surface area contributed by atoms with Crippen LogP contribution in [0.15, 0.2) is 41.0 Å². The number of nitrogens with zero attached hydrogens (tertiary/aromatic N) is 1. The third-order valence-corrected chi connectivity index (χ3v) is 3.71. The molecule has 106 valence electrons. The zero-order chi connectivity index (χ0) is 14.6. The molecule has 0 bridgehead atoms. The quantitative estimate of drug-likeness (QED) is 0.539. The predicted octanol–water partition coefficient (Wildman–Crippen LogP) is 4.65. The summed E-state index contributed by atoms with van der Waals surface area (Å²) in [4.78, 5) is 2.06. The van der Waals surface area contributed by atoms with Gasteiger partial charge in [-0.3, -0.25) is 6.08 Å². The molecule has 0 fully saturated rings. The third-order valence-electron chi connectivity index (χ3n) is 3.71. The summed E-state index contributed by atoms with van der Waals surface area (Å²) in [7, 11) is 4.04. The Kier molecular flexibility index (Phi) is 8.00. The van der Waals surface area contributed by atoms with E-state index in [1.165, 1.54) is 22.4 Å². The molecule has 0 spiro atoms. The van der Waals surface area contributed by atoms with Crippen LogP contribution in [0, 0.1) is 18.9 Å². The number of hydrogen-bond donors (Lipinski definition) is 0. The molecule has 20 heavy (non-hydrogen) atoms. The fraction of sp³-hybridized carbons (Fsp3) is 0.389. The largest absolute Gasteiger partial charge is 2.00 e. The molecule has 1 aliphatic rings. The van der Waals surface area contributed by atoms with Crippen molar-refractivity contribution >= 4 is 5.69 Å². The topological polar surface area (TPSA) is 3.24 Å². The fourth-order valence-electron chi connectivity index (χ4n) is 2.11. The minimum atomic E-state index is 0. The van der Waals surface area contributed by atoms with Crippen molar-refractivity contribution in [1.82, 2.24) is 0 Å². The second kappa shape index (κ2) is 8.39. The molecule has 0 saturated carbocycles. The Balaban J connectivity index is 0.000000345. The number of benzene rings is 1. The van der Waals surface area contributed by atoms with Crippen LogP contribution >= 0.6 is 0 Å². The van der Waals surface area contributed by atoms with E-state index in [1.54, 1.807) is 0 Å². The normalized spacial score (nSPS) is 16.9. The Morgan fingerprint density at radius 3 is 1.90 bits per heavy atom. The molecule has 1 aliphatic carbocycles. The van der Waals surface area contributed by atoms with Gasteiger partial charge in [0, 0.05) is 0 Å². The molecule has 1 nitrogen and oxygen atoms in total. The van der Waals surface area contributed by atoms with Crippen molar-refractivity contribution in [2.45, 2.75) is 27.7 Å². The van der Waals surface area contributed by atoms with Crippen molar-refractivity contribution in [3.8, 4) is 0 Å². The molecule has 2 heteroatoms. The number of allylic oxidation sites excluding steroid dienone is 4. The van der Waals surface area contributed by atoms with Crippen molar-refractivity contribution in [3.63, 3.8) is 0 Å². The molecule has 0 amide bonds. The van der Waals surface area contributed by atoms with Gasteiger partial charge < -0.3 is 4.90 Å². The molecular weight excluding hydrogens is 278 g/mol. The first-order chi connectivity index (χ1) is 8.84. The summed E-state index contributed by atoms with van der Waals surface area (Å²) in [6.45, 7) is 12.6. The summed E-state index contributed by atoms with van der Waals surface area (Å²) in [6.07, 6.45) is 3.36. The van der Waals surface area contributed by atoms with E-state index in [1.807, 2.05) is 32.3 Å². The molecule has 1 aromatic rings. The van der Waals surface area contributed by atoms with Crippen molar-refractivity contribution in [2.24, 2.45) is 5.92 Å². The van der Waals surface area contributed by atoms with Gasteiger partial charge in [-0.05, 0) is 14.1 Å². The Bertz CT molecular complexity index is 498. The standard InChI is InChI=1S/C9H12N.C9H13.Ti/c1-8-6-4-5-7-9(8)10(2)3;1-6-5-7(2)9(4)8(6)3;/h4-7H,1H2,2-3H3;6H,1-4H3;/q2*-1;+2. The Hall–Kier alpha value is -0.916. The summed E-state index contributed by atoms with van der Waals surface area (Å²) in [5, 5.41) is 0. The number of hydrogen-bond acceptors (Lipinski definition) is 1. The van der Waals surface area contributed by atoms with E-state index in [4.69, 9.17) is 0 Å².